The van der Waals surface area contributed by atoms with Gasteiger partial charge >= 0.3 is 0 Å². The van der Waals surface area contributed by atoms with Crippen molar-refractivity contribution in [2.75, 3.05) is 5.32 Å². The second-order valence-corrected chi connectivity index (χ2v) is 8.85. The molecule has 3 N–H and O–H groups in total. The summed E-state index contributed by atoms with van der Waals surface area (Å²) >= 11 is 6.30. The lowest BCUT2D eigenvalue weighted by atomic mass is 10.2. The minimum absolute atomic E-state index is 0.0296. The molecule has 9 nitrogen and oxygen atoms in total. The normalized spacial score (nSPS) is 13.0. The molecule has 4 rings (SSSR count). The number of ether oxygens (including phenoxy) is 1. The first-order chi connectivity index (χ1) is 17.6. The first kappa shape index (κ1) is 26.0. The molecule has 1 aliphatic carbocycles. The van der Waals surface area contributed by atoms with Crippen LogP contribution < -0.4 is 20.9 Å². The maximum Gasteiger partial charge on any atom is 0.277 e. The third kappa shape index (κ3) is 6.18. The van der Waals surface area contributed by atoms with Crippen LogP contribution in [0.25, 0.3) is 5.69 Å². The van der Waals surface area contributed by atoms with Crippen molar-refractivity contribution in [3.05, 3.63) is 86.8 Å². The molecule has 1 saturated carbocycles. The van der Waals surface area contributed by atoms with E-state index in [4.69, 9.17) is 21.7 Å². The van der Waals surface area contributed by atoms with Crippen LogP contribution in [0.5, 0.6) is 5.75 Å². The standard InChI is InChI=1S/C25H23ClF2N6O3/c1-13-10-32-22(30-6-5-18(29)24(35)33-16-3-4-16)9-20(13)34-14(2)7-21(23(26)25(34)36)37-12-19-17(28)8-15(27)11-31-19/h5-11,16,29H,3-4,12H2,1-2H3,(H,30,32)(H,33,35)/b6-5-,29-18?. The molecule has 0 spiro atoms. The largest absolute Gasteiger partial charge is 0.485 e. The van der Waals surface area contributed by atoms with Crippen LogP contribution in [-0.2, 0) is 11.4 Å². The number of nitrogens with zero attached hydrogens (tertiary/aromatic N) is 3. The third-order valence-electron chi connectivity index (χ3n) is 5.50. The second-order valence-electron chi connectivity index (χ2n) is 8.47. The van der Waals surface area contributed by atoms with Crippen LogP contribution in [0.1, 0.15) is 29.8 Å². The predicted molar refractivity (Wildman–Crippen MR) is 134 cm³/mol. The molecule has 192 valence electrons. The van der Waals surface area contributed by atoms with E-state index in [0.717, 1.165) is 19.0 Å². The number of hydrogen-bond acceptors (Lipinski definition) is 7. The Balaban J connectivity index is 1.53. The predicted octanol–water partition coefficient (Wildman–Crippen LogP) is 3.98. The number of nitrogens with one attached hydrogen (secondary N) is 3. The lowest BCUT2D eigenvalue weighted by Gasteiger charge is -2.16. The zero-order valence-corrected chi connectivity index (χ0v) is 20.7. The highest BCUT2D eigenvalue weighted by Crippen LogP contribution is 2.26. The molecule has 0 unspecified atom stereocenters. The highest BCUT2D eigenvalue weighted by Gasteiger charge is 2.24. The van der Waals surface area contributed by atoms with Crippen molar-refractivity contribution >= 4 is 29.0 Å². The summed E-state index contributed by atoms with van der Waals surface area (Å²) in [6, 6.07) is 3.99. The highest BCUT2D eigenvalue weighted by atomic mass is 35.5. The molecule has 0 aliphatic heterocycles. The number of rotatable bonds is 9. The van der Waals surface area contributed by atoms with Gasteiger partial charge in [-0.3, -0.25) is 24.5 Å². The van der Waals surface area contributed by atoms with E-state index in [0.29, 0.717) is 28.8 Å². The van der Waals surface area contributed by atoms with E-state index in [9.17, 15) is 18.4 Å². The highest BCUT2D eigenvalue weighted by molar-refractivity contribution is 6.42. The SMILES string of the molecule is Cc1cnc(N/C=C\C(=N)C(=O)NC2CC2)cc1-n1c(C)cc(OCc2ncc(F)cc2F)c(Cl)c1=O. The van der Waals surface area contributed by atoms with Gasteiger partial charge in [-0.15, -0.1) is 0 Å². The molecule has 0 radical (unpaired) electrons. The molecule has 0 aromatic carbocycles. The summed E-state index contributed by atoms with van der Waals surface area (Å²) in [7, 11) is 0. The van der Waals surface area contributed by atoms with Crippen LogP contribution in [0.15, 0.2) is 47.7 Å². The number of amides is 1. The van der Waals surface area contributed by atoms with Gasteiger partial charge in [-0.05, 0) is 38.3 Å². The molecular weight excluding hydrogens is 506 g/mol. The minimum Gasteiger partial charge on any atom is -0.485 e. The van der Waals surface area contributed by atoms with Crippen molar-refractivity contribution in [2.24, 2.45) is 0 Å². The van der Waals surface area contributed by atoms with Crippen LogP contribution >= 0.6 is 11.6 Å². The van der Waals surface area contributed by atoms with Crippen LogP contribution in [0.2, 0.25) is 5.02 Å². The average Bonchev–Trinajstić information content (AvgIpc) is 3.67. The zero-order valence-electron chi connectivity index (χ0n) is 19.9. The van der Waals surface area contributed by atoms with Crippen LogP contribution in [0.4, 0.5) is 14.6 Å². The summed E-state index contributed by atoms with van der Waals surface area (Å²) in [5, 5.41) is 13.2. The quantitative estimate of drug-likeness (QED) is 0.361. The number of hydrogen-bond donors (Lipinski definition) is 3. The van der Waals surface area contributed by atoms with Crippen molar-refractivity contribution < 1.29 is 18.3 Å². The molecule has 3 heterocycles. The molecule has 0 bridgehead atoms. The second kappa shape index (κ2) is 10.9. The number of anilines is 1. The Hall–Kier alpha value is -4.12. The molecule has 1 fully saturated rings. The van der Waals surface area contributed by atoms with Crippen LogP contribution in [-0.4, -0.2) is 32.2 Å². The zero-order chi connectivity index (χ0) is 26.7. The Labute approximate surface area is 215 Å². The van der Waals surface area contributed by atoms with Crippen molar-refractivity contribution in [1.82, 2.24) is 19.9 Å². The Morgan fingerprint density at radius 3 is 2.70 bits per heavy atom. The maximum absolute atomic E-state index is 13.9. The molecule has 0 saturated heterocycles. The first-order valence-corrected chi connectivity index (χ1v) is 11.7. The third-order valence-corrected chi connectivity index (χ3v) is 5.85. The minimum atomic E-state index is -0.874. The van der Waals surface area contributed by atoms with Crippen LogP contribution in [0, 0.1) is 30.9 Å². The lowest BCUT2D eigenvalue weighted by molar-refractivity contribution is -0.114. The summed E-state index contributed by atoms with van der Waals surface area (Å²) < 4.78 is 33.8. The van der Waals surface area contributed by atoms with Gasteiger partial charge in [0.1, 0.15) is 40.4 Å². The number of aryl methyl sites for hydroxylation is 2. The molecule has 3 aromatic rings. The van der Waals surface area contributed by atoms with E-state index >= 15 is 0 Å². The van der Waals surface area contributed by atoms with Gasteiger partial charge in [-0.1, -0.05) is 11.6 Å². The molecule has 37 heavy (non-hydrogen) atoms. The fraction of sp³-hybridized carbons (Fsp3) is 0.240. The molecular formula is C25H23ClF2N6O3. The number of carbonyl (C=O) groups excluding carboxylic acids is 1. The smallest absolute Gasteiger partial charge is 0.277 e. The van der Waals surface area contributed by atoms with Gasteiger partial charge in [0.15, 0.2) is 5.82 Å². The summed E-state index contributed by atoms with van der Waals surface area (Å²) in [5.41, 5.74) is 0.751. The van der Waals surface area contributed by atoms with Crippen LogP contribution in [0.3, 0.4) is 0 Å². The van der Waals surface area contributed by atoms with Gasteiger partial charge in [-0.2, -0.15) is 0 Å². The molecule has 3 aromatic heterocycles. The van der Waals surface area contributed by atoms with E-state index in [2.05, 4.69) is 20.6 Å². The molecule has 1 aliphatic rings. The number of halogens is 3. The Kier molecular flexibility index (Phi) is 7.63. The van der Waals surface area contributed by atoms with Gasteiger partial charge in [0.25, 0.3) is 11.5 Å². The van der Waals surface area contributed by atoms with Gasteiger partial charge in [0, 0.05) is 42.3 Å². The van der Waals surface area contributed by atoms with Crippen molar-refractivity contribution in [3.63, 3.8) is 0 Å². The Morgan fingerprint density at radius 2 is 2.00 bits per heavy atom. The molecule has 12 heteroatoms. The van der Waals surface area contributed by atoms with Crippen molar-refractivity contribution in [3.8, 4) is 11.4 Å². The van der Waals surface area contributed by atoms with Gasteiger partial charge in [0.05, 0.1) is 11.9 Å². The number of pyridine rings is 3. The van der Waals surface area contributed by atoms with Gasteiger partial charge in [0.2, 0.25) is 0 Å². The summed E-state index contributed by atoms with van der Waals surface area (Å²) in [6.45, 7) is 3.10. The molecule has 0 atom stereocenters. The van der Waals surface area contributed by atoms with E-state index < -0.39 is 23.1 Å². The summed E-state index contributed by atoms with van der Waals surface area (Å²) in [6.07, 6.45) is 7.01. The Bertz CT molecular complexity index is 1470. The maximum atomic E-state index is 13.9. The van der Waals surface area contributed by atoms with E-state index in [1.165, 1.54) is 22.9 Å². The van der Waals surface area contributed by atoms with Gasteiger partial charge < -0.3 is 15.4 Å². The average molecular weight is 529 g/mol. The fourth-order valence-corrected chi connectivity index (χ4v) is 3.58. The van der Waals surface area contributed by atoms with E-state index in [-0.39, 0.29) is 34.8 Å². The lowest BCUT2D eigenvalue weighted by Crippen LogP contribution is -2.31. The summed E-state index contributed by atoms with van der Waals surface area (Å²) in [5.74, 6) is -1.74. The first-order valence-electron chi connectivity index (χ1n) is 11.3. The number of carbonyl (C=O) groups is 1. The molecule has 1 amide bonds. The van der Waals surface area contributed by atoms with Gasteiger partial charge in [-0.25, -0.2) is 13.8 Å². The fourth-order valence-electron chi connectivity index (χ4n) is 3.39. The van der Waals surface area contributed by atoms with E-state index in [1.807, 2.05) is 0 Å². The van der Waals surface area contributed by atoms with E-state index in [1.54, 1.807) is 26.1 Å². The summed E-state index contributed by atoms with van der Waals surface area (Å²) in [4.78, 5) is 33.0. The Morgan fingerprint density at radius 1 is 1.24 bits per heavy atom. The van der Waals surface area contributed by atoms with Crippen molar-refractivity contribution in [2.45, 2.75) is 39.3 Å². The topological polar surface area (TPSA) is 122 Å². The number of aromatic nitrogens is 3. The van der Waals surface area contributed by atoms with Crippen molar-refractivity contribution in [1.29, 1.82) is 5.41 Å². The monoisotopic (exact) mass is 528 g/mol.